The summed E-state index contributed by atoms with van der Waals surface area (Å²) < 4.78 is 1.93. The highest BCUT2D eigenvalue weighted by Crippen LogP contribution is 2.27. The van der Waals surface area contributed by atoms with Crippen LogP contribution in [-0.2, 0) is 6.42 Å². The molecule has 1 aromatic carbocycles. The van der Waals surface area contributed by atoms with Gasteiger partial charge in [0.05, 0.1) is 11.8 Å². The first-order chi connectivity index (χ1) is 10.3. The minimum atomic E-state index is 0.201. The van der Waals surface area contributed by atoms with E-state index in [-0.39, 0.29) is 5.41 Å². The number of nitrogens with zero attached hydrogens (tertiary/aromatic N) is 2. The molecule has 4 nitrogen and oxygen atoms in total. The second-order valence-electron chi connectivity index (χ2n) is 7.07. The van der Waals surface area contributed by atoms with Crippen LogP contribution in [0.25, 0.3) is 16.5 Å². The van der Waals surface area contributed by atoms with Crippen molar-refractivity contribution >= 4 is 16.6 Å². The van der Waals surface area contributed by atoms with E-state index in [2.05, 4.69) is 55.1 Å². The molecule has 0 amide bonds. The Morgan fingerprint density at radius 1 is 1.18 bits per heavy atom. The van der Waals surface area contributed by atoms with Crippen molar-refractivity contribution in [2.45, 2.75) is 34.1 Å². The van der Waals surface area contributed by atoms with Gasteiger partial charge in [-0.15, -0.1) is 4.68 Å². The Balaban J connectivity index is 2.22. The molecule has 3 aromatic rings. The van der Waals surface area contributed by atoms with Crippen LogP contribution in [-0.4, -0.2) is 10.1 Å². The van der Waals surface area contributed by atoms with Gasteiger partial charge in [-0.2, -0.15) is 0 Å². The molecule has 0 aliphatic heterocycles. The summed E-state index contributed by atoms with van der Waals surface area (Å²) in [5, 5.41) is 5.64. The lowest BCUT2D eigenvalue weighted by Crippen LogP contribution is -2.35. The number of nitrogens with two attached hydrogens (primary N) is 1. The molecule has 2 heterocycles. The van der Waals surface area contributed by atoms with Gasteiger partial charge in [-0.3, -0.25) is 10.7 Å². The number of fused-ring (bicyclic) bond motifs is 1. The fourth-order valence-corrected chi connectivity index (χ4v) is 2.85. The van der Waals surface area contributed by atoms with Gasteiger partial charge in [0.25, 0.3) is 5.82 Å². The van der Waals surface area contributed by atoms with Crippen molar-refractivity contribution in [1.82, 2.24) is 10.1 Å². The predicted molar refractivity (Wildman–Crippen MR) is 89.9 cm³/mol. The number of H-pyrrole nitrogens is 1. The first-order valence-corrected chi connectivity index (χ1v) is 7.59. The fourth-order valence-electron chi connectivity index (χ4n) is 2.85. The summed E-state index contributed by atoms with van der Waals surface area (Å²) in [5.74, 6) is 0.708. The van der Waals surface area contributed by atoms with E-state index in [1.165, 1.54) is 5.39 Å². The Morgan fingerprint density at radius 2 is 1.95 bits per heavy atom. The van der Waals surface area contributed by atoms with Gasteiger partial charge in [-0.1, -0.05) is 32.9 Å². The molecule has 0 saturated carbocycles. The maximum atomic E-state index is 6.12. The Kier molecular flexibility index (Phi) is 3.39. The van der Waals surface area contributed by atoms with Crippen LogP contribution in [0.15, 0.2) is 36.5 Å². The normalized spacial score (nSPS) is 12.0. The van der Waals surface area contributed by atoms with Gasteiger partial charge in [0.15, 0.2) is 5.69 Å². The van der Waals surface area contributed by atoms with E-state index in [9.17, 15) is 0 Å². The van der Waals surface area contributed by atoms with E-state index >= 15 is 0 Å². The van der Waals surface area contributed by atoms with Crippen LogP contribution in [0, 0.1) is 12.3 Å². The minimum Gasteiger partial charge on any atom is -0.285 e. The molecule has 0 bridgehead atoms. The second-order valence-corrected chi connectivity index (χ2v) is 7.07. The summed E-state index contributed by atoms with van der Waals surface area (Å²) in [6.07, 6.45) is 2.83. The van der Waals surface area contributed by atoms with Crippen molar-refractivity contribution in [2.75, 3.05) is 5.73 Å². The van der Waals surface area contributed by atoms with Crippen molar-refractivity contribution in [3.05, 3.63) is 47.9 Å². The lowest BCUT2D eigenvalue weighted by Gasteiger charge is -2.18. The summed E-state index contributed by atoms with van der Waals surface area (Å²) in [4.78, 5) is 4.60. The van der Waals surface area contributed by atoms with Crippen LogP contribution < -0.4 is 10.4 Å². The summed E-state index contributed by atoms with van der Waals surface area (Å²) in [6.45, 7) is 8.71. The maximum Gasteiger partial charge on any atom is 0.298 e. The second kappa shape index (κ2) is 5.13. The topological polar surface area (TPSA) is 58.6 Å². The molecule has 114 valence electrons. The SMILES string of the molecule is Cc1cc(N)[n+](-c2cccc3c(CC(C)(C)C)nccc23)[nH]1. The Labute approximate surface area is 131 Å². The minimum absolute atomic E-state index is 0.201. The van der Waals surface area contributed by atoms with E-state index in [0.29, 0.717) is 5.82 Å². The number of hydrogen-bond donors (Lipinski definition) is 2. The molecule has 0 aliphatic rings. The van der Waals surface area contributed by atoms with Gasteiger partial charge in [0.2, 0.25) is 0 Å². The number of aromatic amines is 1. The standard InChI is InChI=1S/C18H22N4/c1-12-10-17(19)22(21-12)16-7-5-6-13-14(16)8-9-20-15(13)11-18(2,3)4/h5-10H,11H2,1-4H3,(H2,19,21)/p+1. The molecular formula is C18H23N4+. The van der Waals surface area contributed by atoms with E-state index in [0.717, 1.165) is 28.9 Å². The largest absolute Gasteiger partial charge is 0.298 e. The highest BCUT2D eigenvalue weighted by atomic mass is 15.3. The molecule has 0 unspecified atom stereocenters. The van der Waals surface area contributed by atoms with Gasteiger partial charge in [0, 0.05) is 22.7 Å². The lowest BCUT2D eigenvalue weighted by atomic mass is 9.88. The first-order valence-electron chi connectivity index (χ1n) is 7.59. The summed E-state index contributed by atoms with van der Waals surface area (Å²) >= 11 is 0. The number of hydrogen-bond acceptors (Lipinski definition) is 2. The summed E-state index contributed by atoms with van der Waals surface area (Å²) in [6, 6.07) is 10.3. The van der Waals surface area contributed by atoms with Crippen molar-refractivity contribution in [2.24, 2.45) is 5.41 Å². The molecule has 3 rings (SSSR count). The first kappa shape index (κ1) is 14.6. The van der Waals surface area contributed by atoms with Gasteiger partial charge >= 0.3 is 0 Å². The van der Waals surface area contributed by atoms with Crippen LogP contribution in [0.3, 0.4) is 0 Å². The van der Waals surface area contributed by atoms with Crippen molar-refractivity contribution in [3.8, 4) is 5.69 Å². The maximum absolute atomic E-state index is 6.12. The van der Waals surface area contributed by atoms with Crippen LogP contribution in [0.1, 0.15) is 32.2 Å². The number of benzene rings is 1. The highest BCUT2D eigenvalue weighted by Gasteiger charge is 2.18. The van der Waals surface area contributed by atoms with Crippen LogP contribution in [0.2, 0.25) is 0 Å². The zero-order valence-corrected chi connectivity index (χ0v) is 13.6. The monoisotopic (exact) mass is 295 g/mol. The van der Waals surface area contributed by atoms with Gasteiger partial charge < -0.3 is 0 Å². The van der Waals surface area contributed by atoms with Crippen molar-refractivity contribution < 1.29 is 4.68 Å². The molecule has 0 atom stereocenters. The van der Waals surface area contributed by atoms with Crippen LogP contribution in [0.5, 0.6) is 0 Å². The van der Waals surface area contributed by atoms with Gasteiger partial charge in [-0.05, 0) is 30.9 Å². The Bertz CT molecular complexity index is 825. The number of anilines is 1. The average Bonchev–Trinajstić information content (AvgIpc) is 2.76. The summed E-state index contributed by atoms with van der Waals surface area (Å²) in [7, 11) is 0. The lowest BCUT2D eigenvalue weighted by molar-refractivity contribution is -0.640. The third-order valence-electron chi connectivity index (χ3n) is 3.72. The van der Waals surface area contributed by atoms with Gasteiger partial charge in [-0.25, -0.2) is 5.10 Å². The number of nitrogens with one attached hydrogen (secondary N) is 1. The van der Waals surface area contributed by atoms with E-state index in [4.69, 9.17) is 5.73 Å². The third-order valence-corrected chi connectivity index (χ3v) is 3.72. The zero-order valence-electron chi connectivity index (χ0n) is 13.6. The molecule has 0 spiro atoms. The number of pyridine rings is 1. The molecule has 0 saturated heterocycles. The number of aryl methyl sites for hydroxylation is 1. The molecule has 0 fully saturated rings. The highest BCUT2D eigenvalue weighted by molar-refractivity contribution is 5.90. The third kappa shape index (κ3) is 2.69. The number of aromatic nitrogens is 3. The van der Waals surface area contributed by atoms with E-state index in [1.54, 1.807) is 0 Å². The van der Waals surface area contributed by atoms with Gasteiger partial charge in [0.1, 0.15) is 0 Å². The molecule has 0 radical (unpaired) electrons. The Morgan fingerprint density at radius 3 is 2.59 bits per heavy atom. The molecule has 4 heteroatoms. The molecule has 2 aromatic heterocycles. The number of nitrogen functional groups attached to an aromatic ring is 1. The molecular weight excluding hydrogens is 272 g/mol. The van der Waals surface area contributed by atoms with Crippen molar-refractivity contribution in [3.63, 3.8) is 0 Å². The summed E-state index contributed by atoms with van der Waals surface area (Å²) in [5.41, 5.74) is 9.55. The predicted octanol–water partition coefficient (Wildman–Crippen LogP) is 3.32. The van der Waals surface area contributed by atoms with Crippen molar-refractivity contribution in [1.29, 1.82) is 0 Å². The molecule has 22 heavy (non-hydrogen) atoms. The zero-order chi connectivity index (χ0) is 15.9. The van der Waals surface area contributed by atoms with E-state index < -0.39 is 0 Å². The van der Waals surface area contributed by atoms with Crippen LogP contribution in [0.4, 0.5) is 5.82 Å². The van der Waals surface area contributed by atoms with Crippen LogP contribution >= 0.6 is 0 Å². The van der Waals surface area contributed by atoms with E-state index in [1.807, 2.05) is 23.9 Å². The quantitative estimate of drug-likeness (QED) is 0.713. The average molecular weight is 295 g/mol. The fraction of sp³-hybridized carbons (Fsp3) is 0.333. The smallest absolute Gasteiger partial charge is 0.285 e. The Hall–Kier alpha value is -2.36. The molecule has 3 N–H and O–H groups in total. The molecule has 0 aliphatic carbocycles. The number of rotatable bonds is 2.